The van der Waals surface area contributed by atoms with Crippen molar-refractivity contribution in [2.75, 3.05) is 50.3 Å². The SMILES string of the molecule is CCCNc1cc(NCC2(OC)CCOC2)nc(SC)n1. The Hall–Kier alpha value is -1.05. The highest BCUT2D eigenvalue weighted by Crippen LogP contribution is 2.24. The van der Waals surface area contributed by atoms with Gasteiger partial charge in [-0.3, -0.25) is 0 Å². The van der Waals surface area contributed by atoms with E-state index in [0.29, 0.717) is 13.2 Å². The van der Waals surface area contributed by atoms with Gasteiger partial charge in [0.25, 0.3) is 0 Å². The highest BCUT2D eigenvalue weighted by atomic mass is 32.2. The van der Waals surface area contributed by atoms with Gasteiger partial charge >= 0.3 is 0 Å². The molecule has 1 aromatic rings. The molecule has 1 aliphatic heterocycles. The van der Waals surface area contributed by atoms with Crippen LogP contribution < -0.4 is 10.6 Å². The second-order valence-electron chi connectivity index (χ2n) is 5.10. The molecule has 0 saturated carbocycles. The number of methoxy groups -OCH3 is 1. The number of nitrogens with zero attached hydrogens (tertiary/aromatic N) is 2. The number of ether oxygens (including phenoxy) is 2. The van der Waals surface area contributed by atoms with Crippen LogP contribution in [0.5, 0.6) is 0 Å². The zero-order chi connectivity index (χ0) is 15.1. The summed E-state index contributed by atoms with van der Waals surface area (Å²) < 4.78 is 11.1. The van der Waals surface area contributed by atoms with Crippen molar-refractivity contribution < 1.29 is 9.47 Å². The molecule has 0 amide bonds. The van der Waals surface area contributed by atoms with E-state index < -0.39 is 0 Å². The van der Waals surface area contributed by atoms with E-state index in [2.05, 4.69) is 27.5 Å². The standard InChI is InChI=1S/C14H24N4O2S/c1-4-6-15-11-8-12(18-13(17-11)21-3)16-9-14(19-2)5-7-20-10-14/h8H,4-7,9-10H2,1-3H3,(H2,15,16,17,18). The summed E-state index contributed by atoms with van der Waals surface area (Å²) in [4.78, 5) is 8.94. The van der Waals surface area contributed by atoms with Crippen LogP contribution in [0.4, 0.5) is 11.6 Å². The molecule has 0 radical (unpaired) electrons. The quantitative estimate of drug-likeness (QED) is 0.563. The molecule has 7 heteroatoms. The second kappa shape index (κ2) is 7.82. The van der Waals surface area contributed by atoms with Crippen molar-refractivity contribution in [2.24, 2.45) is 0 Å². The summed E-state index contributed by atoms with van der Waals surface area (Å²) in [7, 11) is 1.73. The molecule has 0 aromatic carbocycles. The van der Waals surface area contributed by atoms with Crippen LogP contribution in [0.25, 0.3) is 0 Å². The Balaban J connectivity index is 2.04. The van der Waals surface area contributed by atoms with E-state index in [1.807, 2.05) is 12.3 Å². The Morgan fingerprint density at radius 2 is 2.14 bits per heavy atom. The minimum Gasteiger partial charge on any atom is -0.378 e. The van der Waals surface area contributed by atoms with E-state index in [9.17, 15) is 0 Å². The van der Waals surface area contributed by atoms with Crippen molar-refractivity contribution in [1.29, 1.82) is 0 Å². The van der Waals surface area contributed by atoms with Crippen molar-refractivity contribution in [1.82, 2.24) is 9.97 Å². The molecule has 1 atom stereocenters. The van der Waals surface area contributed by atoms with Crippen LogP contribution in [0.15, 0.2) is 11.2 Å². The van der Waals surface area contributed by atoms with Gasteiger partial charge in [0.1, 0.15) is 17.2 Å². The van der Waals surface area contributed by atoms with Crippen molar-refractivity contribution in [3.05, 3.63) is 6.07 Å². The fraction of sp³-hybridized carbons (Fsp3) is 0.714. The number of hydrogen-bond acceptors (Lipinski definition) is 7. The van der Waals surface area contributed by atoms with Crippen molar-refractivity contribution in [2.45, 2.75) is 30.5 Å². The third-order valence-corrected chi connectivity index (χ3v) is 4.08. The molecular formula is C14H24N4O2S. The van der Waals surface area contributed by atoms with Gasteiger partial charge in [-0.05, 0) is 12.7 Å². The first-order chi connectivity index (χ1) is 10.2. The predicted molar refractivity (Wildman–Crippen MR) is 86.3 cm³/mol. The second-order valence-corrected chi connectivity index (χ2v) is 5.87. The molecule has 0 bridgehead atoms. The fourth-order valence-corrected chi connectivity index (χ4v) is 2.54. The molecule has 118 valence electrons. The van der Waals surface area contributed by atoms with E-state index >= 15 is 0 Å². The van der Waals surface area contributed by atoms with Crippen molar-refractivity contribution >= 4 is 23.4 Å². The summed E-state index contributed by atoms with van der Waals surface area (Å²) >= 11 is 1.54. The maximum Gasteiger partial charge on any atom is 0.191 e. The highest BCUT2D eigenvalue weighted by molar-refractivity contribution is 7.98. The van der Waals surface area contributed by atoms with Crippen LogP contribution in [0.1, 0.15) is 19.8 Å². The lowest BCUT2D eigenvalue weighted by molar-refractivity contribution is -0.00626. The van der Waals surface area contributed by atoms with Gasteiger partial charge in [-0.2, -0.15) is 0 Å². The summed E-state index contributed by atoms with van der Waals surface area (Å²) in [5.74, 6) is 1.67. The van der Waals surface area contributed by atoms with Crippen LogP contribution >= 0.6 is 11.8 Å². The molecule has 6 nitrogen and oxygen atoms in total. The van der Waals surface area contributed by atoms with Crippen molar-refractivity contribution in [3.8, 4) is 0 Å². The van der Waals surface area contributed by atoms with E-state index in [4.69, 9.17) is 9.47 Å². The molecule has 1 aliphatic rings. The Bertz CT molecular complexity index is 453. The number of rotatable bonds is 8. The van der Waals surface area contributed by atoms with Crippen LogP contribution in [0, 0.1) is 0 Å². The summed E-state index contributed by atoms with van der Waals surface area (Å²) in [6.07, 6.45) is 3.94. The molecule has 21 heavy (non-hydrogen) atoms. The van der Waals surface area contributed by atoms with Gasteiger partial charge in [-0.25, -0.2) is 9.97 Å². The van der Waals surface area contributed by atoms with Gasteiger partial charge in [0.05, 0.1) is 6.61 Å². The monoisotopic (exact) mass is 312 g/mol. The van der Waals surface area contributed by atoms with Gasteiger partial charge < -0.3 is 20.1 Å². The van der Waals surface area contributed by atoms with Gasteiger partial charge in [-0.1, -0.05) is 18.7 Å². The first kappa shape index (κ1) is 16.3. The lowest BCUT2D eigenvalue weighted by atomic mass is 10.0. The maximum atomic E-state index is 5.62. The zero-order valence-corrected chi connectivity index (χ0v) is 13.8. The smallest absolute Gasteiger partial charge is 0.191 e. The number of aromatic nitrogens is 2. The molecule has 2 heterocycles. The third-order valence-electron chi connectivity index (χ3n) is 3.54. The molecule has 1 unspecified atom stereocenters. The molecule has 2 rings (SSSR count). The van der Waals surface area contributed by atoms with Crippen LogP contribution in [-0.4, -0.2) is 55.2 Å². The molecular weight excluding hydrogens is 288 g/mol. The summed E-state index contributed by atoms with van der Waals surface area (Å²) in [6, 6.07) is 1.94. The molecule has 1 fully saturated rings. The Morgan fingerprint density at radius 1 is 1.38 bits per heavy atom. The molecule has 2 N–H and O–H groups in total. The van der Waals surface area contributed by atoms with Crippen LogP contribution in [0.2, 0.25) is 0 Å². The summed E-state index contributed by atoms with van der Waals surface area (Å²) in [6.45, 7) is 5.09. The minimum atomic E-state index is -0.249. The largest absolute Gasteiger partial charge is 0.378 e. The van der Waals surface area contributed by atoms with E-state index in [0.717, 1.165) is 42.8 Å². The average molecular weight is 312 g/mol. The molecule has 0 spiro atoms. The highest BCUT2D eigenvalue weighted by Gasteiger charge is 2.34. The Labute approximate surface area is 130 Å². The molecule has 1 saturated heterocycles. The van der Waals surface area contributed by atoms with Gasteiger partial charge in [0.15, 0.2) is 5.16 Å². The lowest BCUT2D eigenvalue weighted by Crippen LogP contribution is -2.39. The summed E-state index contributed by atoms with van der Waals surface area (Å²) in [5.41, 5.74) is -0.249. The van der Waals surface area contributed by atoms with Gasteiger partial charge in [-0.15, -0.1) is 0 Å². The summed E-state index contributed by atoms with van der Waals surface area (Å²) in [5, 5.41) is 7.42. The number of anilines is 2. The normalized spacial score (nSPS) is 21.5. The van der Waals surface area contributed by atoms with E-state index in [-0.39, 0.29) is 5.60 Å². The zero-order valence-electron chi connectivity index (χ0n) is 12.9. The minimum absolute atomic E-state index is 0.249. The first-order valence-corrected chi connectivity index (χ1v) is 8.47. The first-order valence-electron chi connectivity index (χ1n) is 7.25. The predicted octanol–water partition coefficient (Wildman–Crippen LogP) is 2.24. The molecule has 1 aromatic heterocycles. The fourth-order valence-electron chi connectivity index (χ4n) is 2.16. The van der Waals surface area contributed by atoms with Gasteiger partial charge in [0.2, 0.25) is 0 Å². The van der Waals surface area contributed by atoms with E-state index in [1.165, 1.54) is 11.8 Å². The van der Waals surface area contributed by atoms with Gasteiger partial charge in [0, 0.05) is 39.3 Å². The van der Waals surface area contributed by atoms with E-state index in [1.54, 1.807) is 7.11 Å². The maximum absolute atomic E-state index is 5.62. The lowest BCUT2D eigenvalue weighted by Gasteiger charge is -2.26. The van der Waals surface area contributed by atoms with Crippen LogP contribution in [0.3, 0.4) is 0 Å². The Morgan fingerprint density at radius 3 is 2.71 bits per heavy atom. The average Bonchev–Trinajstić information content (AvgIpc) is 3.00. The number of thioether (sulfide) groups is 1. The molecule has 0 aliphatic carbocycles. The van der Waals surface area contributed by atoms with Crippen LogP contribution in [-0.2, 0) is 9.47 Å². The topological polar surface area (TPSA) is 68.3 Å². The number of hydrogen-bond donors (Lipinski definition) is 2. The Kier molecular flexibility index (Phi) is 6.08. The van der Waals surface area contributed by atoms with Crippen molar-refractivity contribution in [3.63, 3.8) is 0 Å². The number of nitrogens with one attached hydrogen (secondary N) is 2. The third kappa shape index (κ3) is 4.46.